The van der Waals surface area contributed by atoms with Gasteiger partial charge in [-0.25, -0.2) is 0 Å². The second kappa shape index (κ2) is 15.0. The van der Waals surface area contributed by atoms with Crippen LogP contribution in [-0.4, -0.2) is 6.54 Å². The van der Waals surface area contributed by atoms with Gasteiger partial charge in [0.2, 0.25) is 0 Å². The van der Waals surface area contributed by atoms with E-state index in [2.05, 4.69) is 25.0 Å². The molecule has 2 N–H and O–H groups in total. The van der Waals surface area contributed by atoms with Crippen molar-refractivity contribution in [2.24, 2.45) is 5.73 Å². The van der Waals surface area contributed by atoms with Gasteiger partial charge in [0.25, 0.3) is 0 Å². The fraction of sp³-hybridized carbons (Fsp3) is 0.263. The van der Waals surface area contributed by atoms with Crippen molar-refractivity contribution in [2.75, 3.05) is 6.54 Å². The van der Waals surface area contributed by atoms with E-state index in [4.69, 9.17) is 5.73 Å². The van der Waals surface area contributed by atoms with Crippen LogP contribution < -0.4 is 5.73 Å². The lowest BCUT2D eigenvalue weighted by atomic mass is 10.1. The fourth-order valence-corrected chi connectivity index (χ4v) is 1.08. The predicted octanol–water partition coefficient (Wildman–Crippen LogP) is 4.72. The lowest BCUT2D eigenvalue weighted by molar-refractivity contribution is 1.20. The molecule has 0 amide bonds. The van der Waals surface area contributed by atoms with Gasteiger partial charge >= 0.3 is 0 Å². The molecule has 0 aromatic rings. The summed E-state index contributed by atoms with van der Waals surface area (Å²) in [7, 11) is 0. The lowest BCUT2D eigenvalue weighted by Crippen LogP contribution is -1.98. The van der Waals surface area contributed by atoms with Gasteiger partial charge < -0.3 is 5.73 Å². The van der Waals surface area contributed by atoms with Crippen LogP contribution in [0.25, 0.3) is 0 Å². The van der Waals surface area contributed by atoms with Gasteiger partial charge in [0.15, 0.2) is 0 Å². The first-order valence-electron chi connectivity index (χ1n) is 6.87. The monoisotopic (exact) mass is 269 g/mol. The third-order valence-corrected chi connectivity index (χ3v) is 2.07. The van der Waals surface area contributed by atoms with Crippen LogP contribution in [0.3, 0.4) is 0 Å². The van der Waals surface area contributed by atoms with Crippen LogP contribution >= 0.6 is 0 Å². The summed E-state index contributed by atoms with van der Waals surface area (Å²) in [4.78, 5) is 0. The Hall–Kier alpha value is -2.04. The molecular weight excluding hydrogens is 242 g/mol. The van der Waals surface area contributed by atoms with Gasteiger partial charge in [0.1, 0.15) is 0 Å². The first-order valence-corrected chi connectivity index (χ1v) is 6.87. The maximum atomic E-state index is 5.47. The Kier molecular flexibility index (Phi) is 15.2. The van der Waals surface area contributed by atoms with Gasteiger partial charge in [-0.15, -0.1) is 0 Å². The van der Waals surface area contributed by atoms with Crippen LogP contribution in [0.15, 0.2) is 72.4 Å². The smallest absolute Gasteiger partial charge is 0.0245 e. The summed E-state index contributed by atoms with van der Waals surface area (Å²) in [6.45, 7) is 15.8. The second-order valence-corrected chi connectivity index (χ2v) is 3.55. The summed E-state index contributed by atoms with van der Waals surface area (Å²) >= 11 is 0. The van der Waals surface area contributed by atoms with Crippen LogP contribution in [0.5, 0.6) is 0 Å². The quantitative estimate of drug-likeness (QED) is 0.567. The Morgan fingerprint density at radius 2 is 1.65 bits per heavy atom. The molecule has 1 nitrogen and oxygen atoms in total. The van der Waals surface area contributed by atoms with Gasteiger partial charge in [0, 0.05) is 17.7 Å². The normalized spacial score (nSPS) is 11.7. The molecule has 0 saturated carbocycles. The topological polar surface area (TPSA) is 26.0 Å². The Labute approximate surface area is 125 Å². The molecule has 0 radical (unpaired) electrons. The van der Waals surface area contributed by atoms with E-state index in [9.17, 15) is 0 Å². The Bertz CT molecular complexity index is 460. The highest BCUT2D eigenvalue weighted by atomic mass is 14.5. The average Bonchev–Trinajstić information content (AvgIpc) is 2.49. The van der Waals surface area contributed by atoms with Crippen molar-refractivity contribution in [1.29, 1.82) is 0 Å². The van der Waals surface area contributed by atoms with Crippen molar-refractivity contribution < 1.29 is 0 Å². The first kappa shape index (κ1) is 20.3. The molecule has 0 bridgehead atoms. The van der Waals surface area contributed by atoms with Crippen molar-refractivity contribution in [3.05, 3.63) is 72.4 Å². The van der Waals surface area contributed by atoms with E-state index in [1.54, 1.807) is 6.08 Å². The summed E-state index contributed by atoms with van der Waals surface area (Å²) in [5.74, 6) is 6.18. The van der Waals surface area contributed by atoms with Gasteiger partial charge in [-0.1, -0.05) is 69.2 Å². The molecule has 0 aromatic heterocycles. The van der Waals surface area contributed by atoms with Crippen LogP contribution in [0.2, 0.25) is 0 Å². The van der Waals surface area contributed by atoms with E-state index in [0.29, 0.717) is 6.54 Å². The summed E-state index contributed by atoms with van der Waals surface area (Å²) < 4.78 is 0. The molecule has 0 fully saturated rings. The SMILES string of the molecule is C=C/C=C(C#CC(/C=C\C(=C)CN)=C/C)\C=C/C.CC. The zero-order chi connectivity index (χ0) is 15.8. The maximum absolute atomic E-state index is 5.47. The van der Waals surface area contributed by atoms with Crippen molar-refractivity contribution in [3.63, 3.8) is 0 Å². The van der Waals surface area contributed by atoms with Gasteiger partial charge in [0.05, 0.1) is 0 Å². The van der Waals surface area contributed by atoms with Gasteiger partial charge in [-0.3, -0.25) is 0 Å². The largest absolute Gasteiger partial charge is 0.327 e. The fourth-order valence-electron chi connectivity index (χ4n) is 1.08. The molecule has 1 heteroatoms. The second-order valence-electron chi connectivity index (χ2n) is 3.55. The van der Waals surface area contributed by atoms with Crippen LogP contribution in [0, 0.1) is 11.8 Å². The summed E-state index contributed by atoms with van der Waals surface area (Å²) in [5, 5.41) is 0. The third-order valence-electron chi connectivity index (χ3n) is 2.07. The summed E-state index contributed by atoms with van der Waals surface area (Å²) in [6.07, 6.45) is 13.3. The molecule has 0 heterocycles. The number of hydrogen-bond acceptors (Lipinski definition) is 1. The summed E-state index contributed by atoms with van der Waals surface area (Å²) in [6, 6.07) is 0. The Balaban J connectivity index is 0. The van der Waals surface area contributed by atoms with E-state index in [0.717, 1.165) is 16.7 Å². The van der Waals surface area contributed by atoms with Crippen LogP contribution in [0.1, 0.15) is 27.7 Å². The standard InChI is InChI=1S/C17H21N.C2H6/c1-5-8-17(9-6-2)13-12-16(7-3)11-10-15(4)14-18;1-2/h5-11H,1,4,14,18H2,2-3H3;1-2H3/b9-6-,11-10-,16-7+,17-8+;. The molecule has 108 valence electrons. The van der Waals surface area contributed by atoms with Crippen LogP contribution in [-0.2, 0) is 0 Å². The highest BCUT2D eigenvalue weighted by Crippen LogP contribution is 2.01. The summed E-state index contributed by atoms with van der Waals surface area (Å²) in [5.41, 5.74) is 8.21. The molecule has 0 unspecified atom stereocenters. The molecular formula is C19H27N. The van der Waals surface area contributed by atoms with E-state index in [-0.39, 0.29) is 0 Å². The Morgan fingerprint density at radius 3 is 2.10 bits per heavy atom. The highest BCUT2D eigenvalue weighted by molar-refractivity contribution is 5.48. The molecule has 0 aliphatic carbocycles. The minimum Gasteiger partial charge on any atom is -0.327 e. The van der Waals surface area contributed by atoms with Gasteiger partial charge in [-0.2, -0.15) is 0 Å². The van der Waals surface area contributed by atoms with E-state index < -0.39 is 0 Å². The van der Waals surface area contributed by atoms with Crippen molar-refractivity contribution >= 4 is 0 Å². The predicted molar refractivity (Wildman–Crippen MR) is 93.3 cm³/mol. The maximum Gasteiger partial charge on any atom is 0.0245 e. The molecule has 0 aliphatic heterocycles. The zero-order valence-corrected chi connectivity index (χ0v) is 13.2. The van der Waals surface area contributed by atoms with Crippen molar-refractivity contribution in [2.45, 2.75) is 27.7 Å². The first-order chi connectivity index (χ1) is 9.67. The molecule has 20 heavy (non-hydrogen) atoms. The number of allylic oxidation sites excluding steroid dienone is 8. The van der Waals surface area contributed by atoms with E-state index in [1.165, 1.54) is 0 Å². The molecule has 0 saturated heterocycles. The lowest BCUT2D eigenvalue weighted by Gasteiger charge is -1.93. The number of nitrogens with two attached hydrogens (primary N) is 1. The Morgan fingerprint density at radius 1 is 1.05 bits per heavy atom. The molecule has 0 spiro atoms. The molecule has 0 aromatic carbocycles. The van der Waals surface area contributed by atoms with E-state index in [1.807, 2.05) is 64.2 Å². The van der Waals surface area contributed by atoms with Gasteiger partial charge in [-0.05, 0) is 31.6 Å². The van der Waals surface area contributed by atoms with Crippen molar-refractivity contribution in [1.82, 2.24) is 0 Å². The minimum atomic E-state index is 0.459. The number of rotatable bonds is 5. The van der Waals surface area contributed by atoms with Crippen molar-refractivity contribution in [3.8, 4) is 11.8 Å². The zero-order valence-electron chi connectivity index (χ0n) is 13.2. The molecule has 0 atom stereocenters. The number of hydrogen-bond donors (Lipinski definition) is 1. The van der Waals surface area contributed by atoms with E-state index >= 15 is 0 Å². The van der Waals surface area contributed by atoms with Crippen LogP contribution in [0.4, 0.5) is 0 Å². The molecule has 0 rings (SSSR count). The highest BCUT2D eigenvalue weighted by Gasteiger charge is 1.87. The minimum absolute atomic E-state index is 0.459. The molecule has 0 aliphatic rings. The third kappa shape index (κ3) is 11.1. The average molecular weight is 269 g/mol.